The smallest absolute Gasteiger partial charge is 0.186 e. The van der Waals surface area contributed by atoms with Crippen LogP contribution >= 0.6 is 11.3 Å². The Hall–Kier alpha value is -0.650. The van der Waals surface area contributed by atoms with Crippen molar-refractivity contribution >= 4 is 16.5 Å². The molecule has 0 radical (unpaired) electrons. The average molecular weight is 283 g/mol. The van der Waals surface area contributed by atoms with Gasteiger partial charge in [0.2, 0.25) is 0 Å². The number of aryl methyl sites for hydroxylation is 1. The molecule has 19 heavy (non-hydrogen) atoms. The number of ether oxygens (including phenoxy) is 1. The number of hydrogen-bond acceptors (Lipinski definition) is 5. The Morgan fingerprint density at radius 2 is 2.37 bits per heavy atom. The van der Waals surface area contributed by atoms with Crippen LogP contribution in [0.25, 0.3) is 0 Å². The molecule has 2 atom stereocenters. The minimum Gasteiger partial charge on any atom is -0.383 e. The molecule has 0 amide bonds. The Morgan fingerprint density at radius 3 is 3.00 bits per heavy atom. The SMILES string of the molecule is CCC(C)N(CCOC)c1nc2c(s1)C(N)CCC2. The molecule has 4 nitrogen and oxygen atoms in total. The average Bonchev–Trinajstić information content (AvgIpc) is 2.84. The third-order valence-corrected chi connectivity index (χ3v) is 5.15. The van der Waals surface area contributed by atoms with E-state index in [4.69, 9.17) is 15.5 Å². The molecular formula is C14H25N3OS. The molecule has 0 aliphatic heterocycles. The second kappa shape index (κ2) is 6.68. The first-order chi connectivity index (χ1) is 9.17. The van der Waals surface area contributed by atoms with Crippen LogP contribution in [0.4, 0.5) is 5.13 Å². The van der Waals surface area contributed by atoms with Crippen LogP contribution in [0.3, 0.4) is 0 Å². The first kappa shape index (κ1) is 14.8. The number of aromatic nitrogens is 1. The monoisotopic (exact) mass is 283 g/mol. The van der Waals surface area contributed by atoms with Crippen LogP contribution < -0.4 is 10.6 Å². The van der Waals surface area contributed by atoms with Gasteiger partial charge in [-0.1, -0.05) is 18.3 Å². The van der Waals surface area contributed by atoms with Crippen LogP contribution in [0.15, 0.2) is 0 Å². The molecule has 1 heterocycles. The molecule has 0 saturated carbocycles. The van der Waals surface area contributed by atoms with Crippen molar-refractivity contribution < 1.29 is 4.74 Å². The Balaban J connectivity index is 2.21. The molecular weight excluding hydrogens is 258 g/mol. The van der Waals surface area contributed by atoms with Gasteiger partial charge in [0.25, 0.3) is 0 Å². The first-order valence-electron chi connectivity index (χ1n) is 7.18. The number of nitrogens with zero attached hydrogens (tertiary/aromatic N) is 2. The molecule has 5 heteroatoms. The molecule has 1 aromatic rings. The van der Waals surface area contributed by atoms with Crippen molar-refractivity contribution in [2.24, 2.45) is 5.73 Å². The van der Waals surface area contributed by atoms with E-state index >= 15 is 0 Å². The van der Waals surface area contributed by atoms with Crippen molar-refractivity contribution in [2.75, 3.05) is 25.2 Å². The summed E-state index contributed by atoms with van der Waals surface area (Å²) in [5.41, 5.74) is 7.42. The standard InChI is InChI=1S/C14H25N3OS/c1-4-10(2)17(8-9-18-3)14-16-12-7-5-6-11(15)13(12)19-14/h10-11H,4-9,15H2,1-3H3. The van der Waals surface area contributed by atoms with E-state index in [0.29, 0.717) is 6.04 Å². The van der Waals surface area contributed by atoms with Gasteiger partial charge in [-0.2, -0.15) is 0 Å². The Morgan fingerprint density at radius 1 is 1.58 bits per heavy atom. The lowest BCUT2D eigenvalue weighted by atomic mass is 9.99. The lowest BCUT2D eigenvalue weighted by Gasteiger charge is -2.27. The number of anilines is 1. The molecule has 1 aliphatic carbocycles. The van der Waals surface area contributed by atoms with Crippen molar-refractivity contribution in [1.29, 1.82) is 0 Å². The van der Waals surface area contributed by atoms with Gasteiger partial charge in [-0.3, -0.25) is 0 Å². The summed E-state index contributed by atoms with van der Waals surface area (Å²) < 4.78 is 5.22. The van der Waals surface area contributed by atoms with Crippen molar-refractivity contribution in [3.8, 4) is 0 Å². The molecule has 108 valence electrons. The number of fused-ring (bicyclic) bond motifs is 1. The zero-order chi connectivity index (χ0) is 13.8. The van der Waals surface area contributed by atoms with Gasteiger partial charge in [-0.15, -0.1) is 0 Å². The fourth-order valence-corrected chi connectivity index (χ4v) is 3.75. The number of hydrogen-bond donors (Lipinski definition) is 1. The maximum atomic E-state index is 6.20. The highest BCUT2D eigenvalue weighted by Crippen LogP contribution is 2.37. The predicted molar refractivity (Wildman–Crippen MR) is 81.0 cm³/mol. The Labute approximate surface area is 120 Å². The summed E-state index contributed by atoms with van der Waals surface area (Å²) in [4.78, 5) is 8.49. The van der Waals surface area contributed by atoms with Gasteiger partial charge in [0, 0.05) is 30.6 Å². The van der Waals surface area contributed by atoms with E-state index in [0.717, 1.165) is 37.5 Å². The lowest BCUT2D eigenvalue weighted by Crippen LogP contribution is -2.35. The van der Waals surface area contributed by atoms with Crippen LogP contribution in [0.1, 0.15) is 49.7 Å². The molecule has 0 saturated heterocycles. The summed E-state index contributed by atoms with van der Waals surface area (Å²) in [6, 6.07) is 0.676. The highest BCUT2D eigenvalue weighted by molar-refractivity contribution is 7.15. The Bertz CT molecular complexity index is 407. The van der Waals surface area contributed by atoms with Crippen molar-refractivity contribution in [3.05, 3.63) is 10.6 Å². The van der Waals surface area contributed by atoms with E-state index in [2.05, 4.69) is 18.7 Å². The summed E-state index contributed by atoms with van der Waals surface area (Å²) >= 11 is 1.78. The molecule has 1 aliphatic rings. The number of thiazole rings is 1. The molecule has 0 fully saturated rings. The Kier molecular flexibility index (Phi) is 5.19. The zero-order valence-corrected chi connectivity index (χ0v) is 13.0. The molecule has 0 bridgehead atoms. The normalized spacial score (nSPS) is 20.1. The summed E-state index contributed by atoms with van der Waals surface area (Å²) in [5.74, 6) is 0. The van der Waals surface area contributed by atoms with E-state index in [1.807, 2.05) is 0 Å². The van der Waals surface area contributed by atoms with Crippen LogP contribution in [-0.4, -0.2) is 31.3 Å². The minimum atomic E-state index is 0.191. The van der Waals surface area contributed by atoms with Gasteiger partial charge in [-0.25, -0.2) is 4.98 Å². The largest absolute Gasteiger partial charge is 0.383 e. The van der Waals surface area contributed by atoms with Gasteiger partial charge in [0.15, 0.2) is 5.13 Å². The van der Waals surface area contributed by atoms with Gasteiger partial charge in [0.1, 0.15) is 0 Å². The van der Waals surface area contributed by atoms with Gasteiger partial charge in [0.05, 0.1) is 12.3 Å². The fourth-order valence-electron chi connectivity index (χ4n) is 2.48. The predicted octanol–water partition coefficient (Wildman–Crippen LogP) is 2.73. The number of rotatable bonds is 6. The fraction of sp³-hybridized carbons (Fsp3) is 0.786. The van der Waals surface area contributed by atoms with Gasteiger partial charge in [-0.05, 0) is 32.6 Å². The molecule has 2 rings (SSSR count). The van der Waals surface area contributed by atoms with E-state index in [1.165, 1.54) is 17.0 Å². The quantitative estimate of drug-likeness (QED) is 0.872. The van der Waals surface area contributed by atoms with Crippen molar-refractivity contribution in [2.45, 2.75) is 51.6 Å². The van der Waals surface area contributed by atoms with E-state index < -0.39 is 0 Å². The van der Waals surface area contributed by atoms with Gasteiger partial charge >= 0.3 is 0 Å². The molecule has 2 unspecified atom stereocenters. The van der Waals surface area contributed by atoms with Crippen LogP contribution in [0.2, 0.25) is 0 Å². The highest BCUT2D eigenvalue weighted by atomic mass is 32.1. The number of nitrogens with two attached hydrogens (primary N) is 1. The van der Waals surface area contributed by atoms with E-state index in [1.54, 1.807) is 18.4 Å². The van der Waals surface area contributed by atoms with E-state index in [-0.39, 0.29) is 6.04 Å². The minimum absolute atomic E-state index is 0.191. The van der Waals surface area contributed by atoms with Crippen molar-refractivity contribution in [1.82, 2.24) is 4.98 Å². The summed E-state index contributed by atoms with van der Waals surface area (Å²) in [6.07, 6.45) is 4.45. The number of methoxy groups -OCH3 is 1. The summed E-state index contributed by atoms with van der Waals surface area (Å²) in [5, 5.41) is 1.12. The van der Waals surface area contributed by atoms with Gasteiger partial charge < -0.3 is 15.4 Å². The first-order valence-corrected chi connectivity index (χ1v) is 7.99. The van der Waals surface area contributed by atoms with Crippen LogP contribution in [0.5, 0.6) is 0 Å². The maximum Gasteiger partial charge on any atom is 0.186 e. The lowest BCUT2D eigenvalue weighted by molar-refractivity contribution is 0.203. The molecule has 0 spiro atoms. The topological polar surface area (TPSA) is 51.4 Å². The summed E-state index contributed by atoms with van der Waals surface area (Å²) in [6.45, 7) is 6.09. The molecule has 0 aromatic carbocycles. The second-order valence-electron chi connectivity index (χ2n) is 5.25. The second-order valence-corrected chi connectivity index (χ2v) is 6.26. The van der Waals surface area contributed by atoms with Crippen LogP contribution in [0, 0.1) is 0 Å². The third-order valence-electron chi connectivity index (χ3n) is 3.89. The van der Waals surface area contributed by atoms with E-state index in [9.17, 15) is 0 Å². The van der Waals surface area contributed by atoms with Crippen molar-refractivity contribution in [3.63, 3.8) is 0 Å². The third kappa shape index (κ3) is 3.27. The molecule has 2 N–H and O–H groups in total. The highest BCUT2D eigenvalue weighted by Gasteiger charge is 2.25. The molecule has 1 aromatic heterocycles. The maximum absolute atomic E-state index is 6.20. The van der Waals surface area contributed by atoms with Crippen LogP contribution in [-0.2, 0) is 11.2 Å². The zero-order valence-electron chi connectivity index (χ0n) is 12.2. The summed E-state index contributed by atoms with van der Waals surface area (Å²) in [7, 11) is 1.75.